The van der Waals surface area contributed by atoms with Crippen LogP contribution in [0.5, 0.6) is 5.88 Å². The molecule has 3 aromatic rings. The lowest BCUT2D eigenvalue weighted by Crippen LogP contribution is -2.35. The Bertz CT molecular complexity index is 979. The zero-order chi connectivity index (χ0) is 19.8. The van der Waals surface area contributed by atoms with Gasteiger partial charge in [0, 0.05) is 17.1 Å². The first-order chi connectivity index (χ1) is 14.2. The third kappa shape index (κ3) is 3.82. The van der Waals surface area contributed by atoms with E-state index >= 15 is 0 Å². The van der Waals surface area contributed by atoms with Gasteiger partial charge in [0.15, 0.2) is 0 Å². The molecule has 0 unspecified atom stereocenters. The molecule has 0 radical (unpaired) electrons. The predicted octanol–water partition coefficient (Wildman–Crippen LogP) is 3.48. The van der Waals surface area contributed by atoms with Crippen molar-refractivity contribution in [1.29, 1.82) is 0 Å². The molecule has 2 N–H and O–H groups in total. The van der Waals surface area contributed by atoms with Crippen LogP contribution in [0.3, 0.4) is 0 Å². The molecule has 2 aliphatic rings. The van der Waals surface area contributed by atoms with Gasteiger partial charge < -0.3 is 19.7 Å². The van der Waals surface area contributed by atoms with Crippen molar-refractivity contribution in [3.05, 3.63) is 22.8 Å². The molecule has 1 fully saturated rings. The summed E-state index contributed by atoms with van der Waals surface area (Å²) in [6.45, 7) is 1.38. The molecule has 0 amide bonds. The molecule has 9 heteroatoms. The molecule has 0 saturated heterocycles. The molecule has 29 heavy (non-hydrogen) atoms. The van der Waals surface area contributed by atoms with Gasteiger partial charge in [0.05, 0.1) is 30.5 Å². The van der Waals surface area contributed by atoms with Crippen molar-refractivity contribution < 1.29 is 9.47 Å². The first-order valence-corrected chi connectivity index (χ1v) is 11.0. The molecule has 5 rings (SSSR count). The Morgan fingerprint density at radius 1 is 1.24 bits per heavy atom. The minimum absolute atomic E-state index is 0.196. The number of fused-ring (bicyclic) bond motifs is 3. The first kappa shape index (κ1) is 18.8. The van der Waals surface area contributed by atoms with E-state index in [1.807, 2.05) is 0 Å². The minimum Gasteiger partial charge on any atom is -0.474 e. The summed E-state index contributed by atoms with van der Waals surface area (Å²) < 4.78 is 12.2. The second-order valence-corrected chi connectivity index (χ2v) is 9.05. The zero-order valence-electron chi connectivity index (χ0n) is 16.8. The van der Waals surface area contributed by atoms with Crippen molar-refractivity contribution in [2.45, 2.75) is 50.9 Å². The van der Waals surface area contributed by atoms with Crippen LogP contribution in [0.4, 0.5) is 11.6 Å². The van der Waals surface area contributed by atoms with Gasteiger partial charge in [0.1, 0.15) is 10.9 Å². The third-order valence-corrected chi connectivity index (χ3v) is 6.94. The number of H-pyrrole nitrogens is 1. The number of aromatic amines is 1. The van der Waals surface area contributed by atoms with Crippen LogP contribution in [-0.4, -0.2) is 57.9 Å². The van der Waals surface area contributed by atoms with Crippen LogP contribution in [0.1, 0.15) is 36.1 Å². The van der Waals surface area contributed by atoms with E-state index in [1.165, 1.54) is 10.4 Å². The van der Waals surface area contributed by atoms with Gasteiger partial charge in [-0.25, -0.2) is 4.98 Å². The smallest absolute Gasteiger partial charge is 0.232 e. The van der Waals surface area contributed by atoms with Crippen LogP contribution in [0.15, 0.2) is 12.4 Å². The molecular weight excluding hydrogens is 388 g/mol. The van der Waals surface area contributed by atoms with E-state index < -0.39 is 0 Å². The molecule has 3 aromatic heterocycles. The Hall–Kier alpha value is -2.23. The quantitative estimate of drug-likeness (QED) is 0.661. The van der Waals surface area contributed by atoms with Crippen molar-refractivity contribution >= 4 is 33.2 Å². The Kier molecular flexibility index (Phi) is 5.11. The van der Waals surface area contributed by atoms with Crippen LogP contribution < -0.4 is 10.1 Å². The number of hydrogen-bond acceptors (Lipinski definition) is 8. The molecule has 8 nitrogen and oxygen atoms in total. The topological polar surface area (TPSA) is 88.2 Å². The maximum Gasteiger partial charge on any atom is 0.232 e. The van der Waals surface area contributed by atoms with E-state index in [4.69, 9.17) is 19.4 Å². The molecule has 0 atom stereocenters. The van der Waals surface area contributed by atoms with E-state index in [0.717, 1.165) is 54.6 Å². The van der Waals surface area contributed by atoms with Crippen molar-refractivity contribution in [2.24, 2.45) is 0 Å². The number of hydrogen-bond donors (Lipinski definition) is 2. The van der Waals surface area contributed by atoms with E-state index in [0.29, 0.717) is 24.5 Å². The summed E-state index contributed by atoms with van der Waals surface area (Å²) in [6, 6.07) is 0.643. The number of nitrogens with zero attached hydrogens (tertiary/aromatic N) is 4. The number of aromatic nitrogens is 4. The van der Waals surface area contributed by atoms with Gasteiger partial charge in [0.2, 0.25) is 11.8 Å². The largest absolute Gasteiger partial charge is 0.474 e. The van der Waals surface area contributed by atoms with Gasteiger partial charge in [-0.15, -0.1) is 11.3 Å². The molecule has 1 saturated carbocycles. The highest BCUT2D eigenvalue weighted by Crippen LogP contribution is 2.40. The van der Waals surface area contributed by atoms with Crippen LogP contribution in [0.25, 0.3) is 10.2 Å². The lowest BCUT2D eigenvalue weighted by atomic mass is 9.92. The summed E-state index contributed by atoms with van der Waals surface area (Å²) in [5.74, 6) is 1.24. The van der Waals surface area contributed by atoms with Crippen molar-refractivity contribution in [2.75, 3.05) is 26.0 Å². The Labute approximate surface area is 173 Å². The SMILES string of the molecule is CN(C)C1CCC(Oc2nc(Nc3cn[nH]c3)nc3sc4c(c23)CCOC4)CC1. The van der Waals surface area contributed by atoms with Crippen LogP contribution in [-0.2, 0) is 17.8 Å². The van der Waals surface area contributed by atoms with Crippen molar-refractivity contribution in [3.8, 4) is 5.88 Å². The molecule has 4 heterocycles. The third-order valence-electron chi connectivity index (χ3n) is 5.84. The van der Waals surface area contributed by atoms with Crippen LogP contribution in [0.2, 0.25) is 0 Å². The molecule has 0 spiro atoms. The van der Waals surface area contributed by atoms with Gasteiger partial charge in [-0.1, -0.05) is 0 Å². The predicted molar refractivity (Wildman–Crippen MR) is 113 cm³/mol. The highest BCUT2D eigenvalue weighted by atomic mass is 32.1. The number of nitrogens with one attached hydrogen (secondary N) is 2. The van der Waals surface area contributed by atoms with E-state index in [9.17, 15) is 0 Å². The second kappa shape index (κ2) is 7.89. The molecule has 1 aliphatic heterocycles. The monoisotopic (exact) mass is 414 g/mol. The summed E-state index contributed by atoms with van der Waals surface area (Å²) in [7, 11) is 4.32. The number of anilines is 2. The van der Waals surface area contributed by atoms with Gasteiger partial charge in [-0.2, -0.15) is 10.1 Å². The maximum absolute atomic E-state index is 6.51. The average molecular weight is 415 g/mol. The van der Waals surface area contributed by atoms with Crippen LogP contribution in [0, 0.1) is 0 Å². The van der Waals surface area contributed by atoms with E-state index in [-0.39, 0.29) is 6.10 Å². The highest BCUT2D eigenvalue weighted by molar-refractivity contribution is 7.18. The Morgan fingerprint density at radius 2 is 2.10 bits per heavy atom. The molecule has 0 bridgehead atoms. The maximum atomic E-state index is 6.51. The van der Waals surface area contributed by atoms with Crippen LogP contribution >= 0.6 is 11.3 Å². The van der Waals surface area contributed by atoms with Gasteiger partial charge >= 0.3 is 0 Å². The molecule has 0 aromatic carbocycles. The van der Waals surface area contributed by atoms with E-state index in [2.05, 4.69) is 34.5 Å². The normalized spacial score (nSPS) is 22.0. The molecular formula is C20H26N6O2S. The summed E-state index contributed by atoms with van der Waals surface area (Å²) in [6.07, 6.45) is 8.98. The fourth-order valence-corrected chi connectivity index (χ4v) is 5.37. The molecule has 154 valence electrons. The van der Waals surface area contributed by atoms with Crippen molar-refractivity contribution in [1.82, 2.24) is 25.1 Å². The minimum atomic E-state index is 0.196. The van der Waals surface area contributed by atoms with Gasteiger partial charge in [-0.05, 0) is 51.8 Å². The fraction of sp³-hybridized carbons (Fsp3) is 0.550. The number of thiophene rings is 1. The summed E-state index contributed by atoms with van der Waals surface area (Å²) >= 11 is 1.68. The summed E-state index contributed by atoms with van der Waals surface area (Å²) in [4.78, 5) is 14.0. The number of ether oxygens (including phenoxy) is 2. The Morgan fingerprint density at radius 3 is 2.86 bits per heavy atom. The highest BCUT2D eigenvalue weighted by Gasteiger charge is 2.27. The average Bonchev–Trinajstić information content (AvgIpc) is 3.35. The Balaban J connectivity index is 1.47. The number of rotatable bonds is 5. The van der Waals surface area contributed by atoms with Gasteiger partial charge in [0.25, 0.3) is 0 Å². The second-order valence-electron chi connectivity index (χ2n) is 7.96. The lowest BCUT2D eigenvalue weighted by Gasteiger charge is -2.32. The van der Waals surface area contributed by atoms with Gasteiger partial charge in [-0.3, -0.25) is 5.10 Å². The fourth-order valence-electron chi connectivity index (χ4n) is 4.22. The lowest BCUT2D eigenvalue weighted by molar-refractivity contribution is 0.108. The zero-order valence-corrected chi connectivity index (χ0v) is 17.6. The standard InChI is InChI=1S/C20H26N6O2S/c1-26(2)13-3-5-14(6-4-13)28-18-17-15-7-8-27-11-16(15)29-19(17)25-20(24-18)23-12-9-21-22-10-12/h9-10,13-14H,3-8,11H2,1-2H3,(H,21,22)(H,23,24,25). The van der Waals surface area contributed by atoms with Crippen molar-refractivity contribution in [3.63, 3.8) is 0 Å². The molecule has 1 aliphatic carbocycles. The summed E-state index contributed by atoms with van der Waals surface area (Å²) in [5, 5.41) is 11.1. The first-order valence-electron chi connectivity index (χ1n) is 10.2. The van der Waals surface area contributed by atoms with E-state index in [1.54, 1.807) is 23.7 Å². The summed E-state index contributed by atoms with van der Waals surface area (Å²) in [5.41, 5.74) is 2.12.